The lowest BCUT2D eigenvalue weighted by Crippen LogP contribution is -2.57. The van der Waals surface area contributed by atoms with E-state index in [2.05, 4.69) is 31.6 Å². The number of anilines is 1. The molecule has 242 valence electrons. The molecule has 0 spiro atoms. The molecule has 0 radical (unpaired) electrons. The van der Waals surface area contributed by atoms with E-state index in [1.165, 1.54) is 11.8 Å². The number of carbonyl (C=O) groups is 3. The van der Waals surface area contributed by atoms with Crippen LogP contribution < -0.4 is 38.1 Å². The van der Waals surface area contributed by atoms with Gasteiger partial charge in [-0.1, -0.05) is 59.2 Å². The molecule has 11 nitrogen and oxygen atoms in total. The molecule has 0 aliphatic carbocycles. The van der Waals surface area contributed by atoms with E-state index in [4.69, 9.17) is 34.7 Å². The molecule has 3 atom stereocenters. The van der Waals surface area contributed by atoms with Gasteiger partial charge in [0.1, 0.15) is 11.1 Å². The highest BCUT2D eigenvalue weighted by atomic mass is 35.5. The van der Waals surface area contributed by atoms with Gasteiger partial charge in [-0.15, -0.1) is 0 Å². The van der Waals surface area contributed by atoms with E-state index in [9.17, 15) is 14.4 Å². The first-order chi connectivity index (χ1) is 21.7. The van der Waals surface area contributed by atoms with Crippen LogP contribution in [-0.4, -0.2) is 54.5 Å². The summed E-state index contributed by atoms with van der Waals surface area (Å²) in [5.74, 6) is -0.766. The van der Waals surface area contributed by atoms with Crippen molar-refractivity contribution in [2.24, 2.45) is 11.5 Å². The number of aromatic nitrogens is 1. The SMILES string of the molecule is Cc1ccccc1NC(C)NC(=O)[C@H](CN)NC(=O)[C@H](CCCN)NCc1cccnc1Sc1c(Cl)cc(Cl)cc1CNC=O. The summed E-state index contributed by atoms with van der Waals surface area (Å²) < 4.78 is 0. The van der Waals surface area contributed by atoms with Crippen molar-refractivity contribution in [3.63, 3.8) is 0 Å². The summed E-state index contributed by atoms with van der Waals surface area (Å²) >= 11 is 14.1. The Balaban J connectivity index is 1.69. The van der Waals surface area contributed by atoms with E-state index in [1.54, 1.807) is 24.4 Å². The number of nitrogens with zero attached hydrogens (tertiary/aromatic N) is 1. The summed E-state index contributed by atoms with van der Waals surface area (Å²) in [7, 11) is 0. The minimum Gasteiger partial charge on any atom is -0.365 e. The molecular formula is C31H40Cl2N8O3S. The first-order valence-electron chi connectivity index (χ1n) is 14.5. The van der Waals surface area contributed by atoms with Crippen LogP contribution in [0.4, 0.5) is 5.69 Å². The molecule has 3 aromatic rings. The van der Waals surface area contributed by atoms with Crippen molar-refractivity contribution in [3.05, 3.63) is 81.5 Å². The molecule has 0 aliphatic heterocycles. The standard InChI is InChI=1S/C31H40Cl2N8O3S/c1-19-7-3-4-9-25(19)39-20(2)40-30(44)27(15-35)41-29(43)26(10-5-11-34)38-17-21-8-6-12-37-31(21)45-28-22(16-36-18-42)13-23(32)14-24(28)33/h3-4,6-9,12-14,18,20,26-27,38-39H,5,10-11,15-17,34-35H2,1-2H3,(H,36,42)(H,40,44)(H,41,43)/t20?,26-,27-/m0/s1. The van der Waals surface area contributed by atoms with Crippen molar-refractivity contribution >= 4 is 58.9 Å². The Morgan fingerprint density at radius 3 is 2.47 bits per heavy atom. The van der Waals surface area contributed by atoms with Crippen molar-refractivity contribution in [3.8, 4) is 0 Å². The zero-order chi connectivity index (χ0) is 32.8. The van der Waals surface area contributed by atoms with Crippen molar-refractivity contribution in [2.75, 3.05) is 18.4 Å². The zero-order valence-electron chi connectivity index (χ0n) is 25.2. The third kappa shape index (κ3) is 11.2. The van der Waals surface area contributed by atoms with Crippen molar-refractivity contribution in [1.29, 1.82) is 0 Å². The Kier molecular flexibility index (Phi) is 14.9. The molecule has 1 unspecified atom stereocenters. The summed E-state index contributed by atoms with van der Waals surface area (Å²) in [5.41, 5.74) is 15.2. The molecule has 3 amide bonds. The highest BCUT2D eigenvalue weighted by molar-refractivity contribution is 7.99. The molecule has 1 heterocycles. The molecule has 0 saturated heterocycles. The number of aryl methyl sites for hydroxylation is 1. The summed E-state index contributed by atoms with van der Waals surface area (Å²) in [6.45, 7) is 4.64. The van der Waals surface area contributed by atoms with Gasteiger partial charge in [0.15, 0.2) is 0 Å². The molecule has 2 aromatic carbocycles. The number of amides is 3. The molecule has 1 aromatic heterocycles. The fourth-order valence-corrected chi connectivity index (χ4v) is 6.11. The molecule has 3 rings (SSSR count). The molecule has 0 aliphatic rings. The van der Waals surface area contributed by atoms with Gasteiger partial charge in [0.25, 0.3) is 0 Å². The summed E-state index contributed by atoms with van der Waals surface area (Å²) in [4.78, 5) is 42.6. The molecule has 0 saturated carbocycles. The van der Waals surface area contributed by atoms with Crippen LogP contribution in [0.2, 0.25) is 10.0 Å². The van der Waals surface area contributed by atoms with Crippen LogP contribution in [0.1, 0.15) is 36.5 Å². The molecule has 45 heavy (non-hydrogen) atoms. The molecule has 14 heteroatoms. The summed E-state index contributed by atoms with van der Waals surface area (Å²) in [6.07, 6.45) is 2.90. The van der Waals surface area contributed by atoms with Crippen LogP contribution in [0.25, 0.3) is 0 Å². The number of halogens is 2. The van der Waals surface area contributed by atoms with Crippen LogP contribution in [-0.2, 0) is 27.5 Å². The van der Waals surface area contributed by atoms with Gasteiger partial charge in [-0.25, -0.2) is 4.98 Å². The molecule has 0 bridgehead atoms. The lowest BCUT2D eigenvalue weighted by atomic mass is 10.1. The van der Waals surface area contributed by atoms with Gasteiger partial charge in [0, 0.05) is 41.4 Å². The van der Waals surface area contributed by atoms with E-state index >= 15 is 0 Å². The number of hydrogen-bond donors (Lipinski definition) is 7. The van der Waals surface area contributed by atoms with Crippen molar-refractivity contribution in [1.82, 2.24) is 26.3 Å². The predicted octanol–water partition coefficient (Wildman–Crippen LogP) is 3.31. The topological polar surface area (TPSA) is 176 Å². The van der Waals surface area contributed by atoms with Crippen LogP contribution in [0, 0.1) is 6.92 Å². The average molecular weight is 676 g/mol. The van der Waals surface area contributed by atoms with Gasteiger partial charge in [-0.3, -0.25) is 14.4 Å². The number of nitrogens with one attached hydrogen (secondary N) is 5. The smallest absolute Gasteiger partial charge is 0.245 e. The maximum atomic E-state index is 13.4. The fraction of sp³-hybridized carbons (Fsp3) is 0.355. The Bertz CT molecular complexity index is 1450. The van der Waals surface area contributed by atoms with Gasteiger partial charge in [-0.2, -0.15) is 0 Å². The third-order valence-electron chi connectivity index (χ3n) is 6.81. The van der Waals surface area contributed by atoms with E-state index in [0.717, 1.165) is 22.4 Å². The number of rotatable bonds is 18. The average Bonchev–Trinajstić information content (AvgIpc) is 3.01. The second kappa shape index (κ2) is 18.5. The number of pyridine rings is 1. The second-order valence-corrected chi connectivity index (χ2v) is 12.1. The van der Waals surface area contributed by atoms with E-state index in [-0.39, 0.29) is 19.0 Å². The minimum atomic E-state index is -0.934. The van der Waals surface area contributed by atoms with Crippen molar-refractivity contribution in [2.45, 2.75) is 67.9 Å². The molecular weight excluding hydrogens is 635 g/mol. The quantitative estimate of drug-likeness (QED) is 0.0788. The first-order valence-corrected chi connectivity index (χ1v) is 16.1. The van der Waals surface area contributed by atoms with Crippen LogP contribution in [0.5, 0.6) is 0 Å². The summed E-state index contributed by atoms with van der Waals surface area (Å²) in [5, 5.41) is 16.4. The maximum absolute atomic E-state index is 13.4. The predicted molar refractivity (Wildman–Crippen MR) is 180 cm³/mol. The monoisotopic (exact) mass is 674 g/mol. The van der Waals surface area contributed by atoms with Crippen LogP contribution >= 0.6 is 35.0 Å². The maximum Gasteiger partial charge on any atom is 0.245 e. The zero-order valence-corrected chi connectivity index (χ0v) is 27.6. The fourth-order valence-electron chi connectivity index (χ4n) is 4.46. The Hall–Kier alpha value is -3.39. The molecule has 0 fully saturated rings. The van der Waals surface area contributed by atoms with E-state index < -0.39 is 24.2 Å². The number of benzene rings is 2. The third-order valence-corrected chi connectivity index (χ3v) is 8.68. The Labute approximate surface area is 278 Å². The second-order valence-electron chi connectivity index (χ2n) is 10.3. The first kappa shape index (κ1) is 36.1. The lowest BCUT2D eigenvalue weighted by molar-refractivity contribution is -0.130. The van der Waals surface area contributed by atoms with Gasteiger partial charge < -0.3 is 38.1 Å². The van der Waals surface area contributed by atoms with Crippen LogP contribution in [0.3, 0.4) is 0 Å². The Morgan fingerprint density at radius 2 is 1.76 bits per heavy atom. The number of para-hydroxylation sites is 1. The van der Waals surface area contributed by atoms with Crippen LogP contribution in [0.15, 0.2) is 64.6 Å². The van der Waals surface area contributed by atoms with Gasteiger partial charge in [0.05, 0.1) is 17.2 Å². The lowest BCUT2D eigenvalue weighted by Gasteiger charge is -2.25. The highest BCUT2D eigenvalue weighted by Crippen LogP contribution is 2.38. The van der Waals surface area contributed by atoms with Gasteiger partial charge in [0.2, 0.25) is 18.2 Å². The molecule has 9 N–H and O–H groups in total. The highest BCUT2D eigenvalue weighted by Gasteiger charge is 2.26. The number of nitrogens with two attached hydrogens (primary N) is 2. The van der Waals surface area contributed by atoms with Gasteiger partial charge >= 0.3 is 0 Å². The summed E-state index contributed by atoms with van der Waals surface area (Å²) in [6, 6.07) is 13.2. The van der Waals surface area contributed by atoms with Gasteiger partial charge in [-0.05, 0) is 74.2 Å². The van der Waals surface area contributed by atoms with E-state index in [0.29, 0.717) is 52.3 Å². The minimum absolute atomic E-state index is 0.0786. The number of carbonyl (C=O) groups excluding carboxylic acids is 3. The Morgan fingerprint density at radius 1 is 1.00 bits per heavy atom. The van der Waals surface area contributed by atoms with E-state index in [1.807, 2.05) is 44.2 Å². The number of hydrogen-bond acceptors (Lipinski definition) is 9. The largest absolute Gasteiger partial charge is 0.365 e. The van der Waals surface area contributed by atoms with Crippen molar-refractivity contribution < 1.29 is 14.4 Å². The normalized spacial score (nSPS) is 12.9.